The molecule has 0 spiro atoms. The molecule has 1 atom stereocenters. The number of sulfone groups is 1. The monoisotopic (exact) mass is 543 g/mol. The summed E-state index contributed by atoms with van der Waals surface area (Å²) in [5.74, 6) is -0.302. The molecule has 0 bridgehead atoms. The second-order valence-electron chi connectivity index (χ2n) is 8.18. The van der Waals surface area contributed by atoms with Gasteiger partial charge in [0, 0.05) is 18.7 Å². The van der Waals surface area contributed by atoms with Crippen LogP contribution in [-0.2, 0) is 22.2 Å². The number of halogens is 6. The molecule has 3 aromatic rings. The summed E-state index contributed by atoms with van der Waals surface area (Å²) in [7, 11) is -4.83. The van der Waals surface area contributed by atoms with E-state index >= 15 is 0 Å². The minimum atomic E-state index is -5.21. The van der Waals surface area contributed by atoms with E-state index in [0.717, 1.165) is 0 Å². The van der Waals surface area contributed by atoms with Gasteiger partial charge in [-0.3, -0.25) is 4.79 Å². The first-order chi connectivity index (χ1) is 17.2. The Labute approximate surface area is 210 Å². The van der Waals surface area contributed by atoms with E-state index in [1.165, 1.54) is 48.5 Å². The predicted molar refractivity (Wildman–Crippen MR) is 126 cm³/mol. The van der Waals surface area contributed by atoms with Crippen molar-refractivity contribution in [2.45, 2.75) is 36.3 Å². The lowest BCUT2D eigenvalue weighted by atomic mass is 10.0. The molecule has 0 aromatic heterocycles. The van der Waals surface area contributed by atoms with Gasteiger partial charge >= 0.3 is 12.4 Å². The lowest BCUT2D eigenvalue weighted by Gasteiger charge is -2.22. The Morgan fingerprint density at radius 1 is 0.757 bits per heavy atom. The number of carbonyl (C=O) groups excluding carboxylic acids is 1. The number of nitrogens with zero attached hydrogens (tertiary/aromatic N) is 1. The molecule has 37 heavy (non-hydrogen) atoms. The third kappa shape index (κ3) is 6.15. The first-order valence-corrected chi connectivity index (χ1v) is 12.7. The lowest BCUT2D eigenvalue weighted by molar-refractivity contribution is -0.143. The number of hydrogen-bond acceptors (Lipinski definition) is 3. The van der Waals surface area contributed by atoms with E-state index in [2.05, 4.69) is 0 Å². The van der Waals surface area contributed by atoms with Gasteiger partial charge < -0.3 is 4.90 Å². The predicted octanol–water partition coefficient (Wildman–Crippen LogP) is 6.77. The average Bonchev–Trinajstić information content (AvgIpc) is 2.84. The highest BCUT2D eigenvalue weighted by Crippen LogP contribution is 2.41. The molecule has 0 N–H and O–H groups in total. The molecule has 3 rings (SSSR count). The Morgan fingerprint density at radius 2 is 1.22 bits per heavy atom. The Hall–Kier alpha value is -3.34. The second kappa shape index (κ2) is 10.6. The zero-order valence-corrected chi connectivity index (χ0v) is 20.6. The SMILES string of the molecule is CCN(CC)C(=O)c1ccc(C(c2ccccc2)S(=O)(=O)c2cc(C(F)(F)F)cc(C(F)(F)F)c2)cc1. The van der Waals surface area contributed by atoms with Crippen molar-refractivity contribution in [3.05, 3.63) is 101 Å². The minimum Gasteiger partial charge on any atom is -0.339 e. The van der Waals surface area contributed by atoms with E-state index in [0.29, 0.717) is 13.1 Å². The maximum atomic E-state index is 13.7. The molecule has 4 nitrogen and oxygen atoms in total. The van der Waals surface area contributed by atoms with Gasteiger partial charge in [0.25, 0.3) is 5.91 Å². The first-order valence-electron chi connectivity index (χ1n) is 11.2. The molecular formula is C26H23F6NO3S. The topological polar surface area (TPSA) is 54.5 Å². The second-order valence-corrected chi connectivity index (χ2v) is 10.2. The van der Waals surface area contributed by atoms with Gasteiger partial charge in [-0.05, 0) is 55.3 Å². The maximum absolute atomic E-state index is 13.7. The number of amides is 1. The number of carbonyl (C=O) groups is 1. The van der Waals surface area contributed by atoms with Crippen LogP contribution in [0.3, 0.4) is 0 Å². The van der Waals surface area contributed by atoms with Crippen LogP contribution in [0, 0.1) is 0 Å². The Morgan fingerprint density at radius 3 is 1.65 bits per heavy atom. The highest BCUT2D eigenvalue weighted by atomic mass is 32.2. The molecule has 11 heteroatoms. The van der Waals surface area contributed by atoms with Crippen LogP contribution >= 0.6 is 0 Å². The maximum Gasteiger partial charge on any atom is 0.416 e. The molecular weight excluding hydrogens is 520 g/mol. The summed E-state index contributed by atoms with van der Waals surface area (Å²) >= 11 is 0. The zero-order chi connectivity index (χ0) is 27.6. The molecule has 0 aliphatic heterocycles. The Balaban J connectivity index is 2.20. The van der Waals surface area contributed by atoms with Crippen molar-refractivity contribution < 1.29 is 39.6 Å². The van der Waals surface area contributed by atoms with Crippen molar-refractivity contribution in [1.82, 2.24) is 4.90 Å². The highest BCUT2D eigenvalue weighted by molar-refractivity contribution is 7.92. The van der Waals surface area contributed by atoms with E-state index in [4.69, 9.17) is 0 Å². The summed E-state index contributed by atoms with van der Waals surface area (Å²) in [4.78, 5) is 13.1. The van der Waals surface area contributed by atoms with Gasteiger partial charge in [-0.1, -0.05) is 42.5 Å². The molecule has 0 aliphatic rings. The van der Waals surface area contributed by atoms with Crippen molar-refractivity contribution in [2.75, 3.05) is 13.1 Å². The molecule has 3 aromatic carbocycles. The van der Waals surface area contributed by atoms with Crippen LogP contribution in [0.25, 0.3) is 0 Å². The molecule has 0 radical (unpaired) electrons. The molecule has 1 amide bonds. The number of alkyl halides is 6. The van der Waals surface area contributed by atoms with Gasteiger partial charge in [-0.2, -0.15) is 26.3 Å². The molecule has 0 fully saturated rings. The van der Waals surface area contributed by atoms with E-state index in [-0.39, 0.29) is 40.8 Å². The third-order valence-corrected chi connectivity index (χ3v) is 7.87. The van der Waals surface area contributed by atoms with Crippen molar-refractivity contribution in [3.63, 3.8) is 0 Å². The summed E-state index contributed by atoms with van der Waals surface area (Å²) < 4.78 is 108. The fraction of sp³-hybridized carbons (Fsp3) is 0.269. The summed E-state index contributed by atoms with van der Waals surface area (Å²) in [6.07, 6.45) is -10.4. The Kier molecular flexibility index (Phi) is 8.06. The number of benzene rings is 3. The average molecular weight is 544 g/mol. The van der Waals surface area contributed by atoms with Crippen molar-refractivity contribution in [2.24, 2.45) is 0 Å². The van der Waals surface area contributed by atoms with E-state index in [9.17, 15) is 39.6 Å². The van der Waals surface area contributed by atoms with Gasteiger partial charge in [-0.25, -0.2) is 8.42 Å². The third-order valence-electron chi connectivity index (χ3n) is 5.81. The lowest BCUT2D eigenvalue weighted by Crippen LogP contribution is -2.30. The number of hydrogen-bond donors (Lipinski definition) is 0. The van der Waals surface area contributed by atoms with Crippen LogP contribution in [0.5, 0.6) is 0 Å². The minimum absolute atomic E-state index is 0.0771. The van der Waals surface area contributed by atoms with Crippen LogP contribution in [0.1, 0.15) is 51.7 Å². The summed E-state index contributed by atoms with van der Waals surface area (Å²) in [5.41, 5.74) is -2.99. The fourth-order valence-corrected chi connectivity index (χ4v) is 5.78. The van der Waals surface area contributed by atoms with Crippen molar-refractivity contribution in [1.29, 1.82) is 0 Å². The van der Waals surface area contributed by atoms with Crippen molar-refractivity contribution >= 4 is 15.7 Å². The molecule has 1 unspecified atom stereocenters. The Bertz CT molecular complexity index is 1320. The fourth-order valence-electron chi connectivity index (χ4n) is 3.90. The molecule has 198 valence electrons. The first kappa shape index (κ1) is 28.2. The summed E-state index contributed by atoms with van der Waals surface area (Å²) in [5, 5.41) is -1.63. The van der Waals surface area contributed by atoms with E-state index < -0.39 is 43.5 Å². The van der Waals surface area contributed by atoms with Crippen LogP contribution in [0.2, 0.25) is 0 Å². The van der Waals surface area contributed by atoms with Gasteiger partial charge in [-0.15, -0.1) is 0 Å². The standard InChI is InChI=1S/C26H23F6NO3S/c1-3-33(4-2)24(34)19-12-10-18(11-13-19)23(17-8-6-5-7-9-17)37(35,36)22-15-20(25(27,28)29)14-21(16-22)26(30,31)32/h5-16,23H,3-4H2,1-2H3. The molecule has 0 heterocycles. The van der Waals surface area contributed by atoms with Gasteiger partial charge in [0.05, 0.1) is 16.0 Å². The van der Waals surface area contributed by atoms with Crippen molar-refractivity contribution in [3.8, 4) is 0 Å². The van der Waals surface area contributed by atoms with Crippen LogP contribution in [0.4, 0.5) is 26.3 Å². The van der Waals surface area contributed by atoms with Gasteiger partial charge in [0.1, 0.15) is 5.25 Å². The summed E-state index contributed by atoms with van der Waals surface area (Å²) in [6.45, 7) is 4.46. The van der Waals surface area contributed by atoms with Crippen LogP contribution < -0.4 is 0 Å². The van der Waals surface area contributed by atoms with E-state index in [1.54, 1.807) is 24.8 Å². The van der Waals surface area contributed by atoms with Crippen LogP contribution in [0.15, 0.2) is 77.7 Å². The summed E-state index contributed by atoms with van der Waals surface area (Å²) in [6, 6.07) is 13.2. The van der Waals surface area contributed by atoms with Gasteiger partial charge in [0.15, 0.2) is 9.84 Å². The largest absolute Gasteiger partial charge is 0.416 e. The number of rotatable bonds is 7. The molecule has 0 saturated heterocycles. The van der Waals surface area contributed by atoms with Crippen LogP contribution in [-0.4, -0.2) is 32.3 Å². The van der Waals surface area contributed by atoms with Gasteiger partial charge in [0.2, 0.25) is 0 Å². The zero-order valence-electron chi connectivity index (χ0n) is 19.8. The highest BCUT2D eigenvalue weighted by Gasteiger charge is 2.40. The quantitative estimate of drug-likeness (QED) is 0.309. The molecule has 0 saturated carbocycles. The molecule has 0 aliphatic carbocycles. The smallest absolute Gasteiger partial charge is 0.339 e. The normalized spacial score (nSPS) is 13.3. The van der Waals surface area contributed by atoms with E-state index in [1.807, 2.05) is 0 Å².